The van der Waals surface area contributed by atoms with Crippen LogP contribution < -0.4 is 0 Å². The van der Waals surface area contributed by atoms with Crippen molar-refractivity contribution in [2.75, 3.05) is 0 Å². The fraction of sp³-hybridized carbons (Fsp3) is 0. The lowest BCUT2D eigenvalue weighted by molar-refractivity contribution is 1.25. The molecular formula is C48H28N2. The van der Waals surface area contributed by atoms with Crippen molar-refractivity contribution in [1.82, 2.24) is 9.97 Å². The summed E-state index contributed by atoms with van der Waals surface area (Å²) < 4.78 is 0. The second-order valence-corrected chi connectivity index (χ2v) is 13.4. The molecular weight excluding hydrogens is 605 g/mol. The molecule has 0 radical (unpaired) electrons. The van der Waals surface area contributed by atoms with Gasteiger partial charge in [-0.15, -0.1) is 0 Å². The molecule has 0 aliphatic rings. The van der Waals surface area contributed by atoms with Gasteiger partial charge in [-0.2, -0.15) is 0 Å². The van der Waals surface area contributed by atoms with Gasteiger partial charge in [-0.3, -0.25) is 9.97 Å². The second-order valence-electron chi connectivity index (χ2n) is 13.4. The third kappa shape index (κ3) is 4.03. The van der Waals surface area contributed by atoms with Gasteiger partial charge in [0.15, 0.2) is 0 Å². The molecule has 2 heteroatoms. The van der Waals surface area contributed by atoms with Crippen molar-refractivity contribution in [2.24, 2.45) is 0 Å². The lowest BCUT2D eigenvalue weighted by atomic mass is 9.86. The summed E-state index contributed by atoms with van der Waals surface area (Å²) >= 11 is 0. The quantitative estimate of drug-likeness (QED) is 0.181. The molecule has 0 saturated heterocycles. The molecule has 230 valence electrons. The molecule has 11 rings (SSSR count). The maximum atomic E-state index is 4.71. The van der Waals surface area contributed by atoms with Crippen LogP contribution in [0.25, 0.3) is 109 Å². The summed E-state index contributed by atoms with van der Waals surface area (Å²) in [5, 5.41) is 18.0. The average molecular weight is 633 g/mol. The first-order valence-electron chi connectivity index (χ1n) is 17.1. The third-order valence-corrected chi connectivity index (χ3v) is 10.6. The van der Waals surface area contributed by atoms with E-state index in [-0.39, 0.29) is 0 Å². The highest BCUT2D eigenvalue weighted by Crippen LogP contribution is 2.44. The Labute approximate surface area is 288 Å². The molecule has 0 N–H and O–H groups in total. The summed E-state index contributed by atoms with van der Waals surface area (Å²) in [5.74, 6) is 0. The molecule has 0 unspecified atom stereocenters. The van der Waals surface area contributed by atoms with Gasteiger partial charge in [-0.1, -0.05) is 115 Å². The molecule has 0 spiro atoms. The first-order valence-corrected chi connectivity index (χ1v) is 17.1. The van der Waals surface area contributed by atoms with Crippen molar-refractivity contribution in [3.05, 3.63) is 170 Å². The van der Waals surface area contributed by atoms with E-state index in [1.807, 2.05) is 30.5 Å². The zero-order valence-corrected chi connectivity index (χ0v) is 27.1. The number of benzene rings is 8. The van der Waals surface area contributed by atoms with Crippen LogP contribution in [0.4, 0.5) is 0 Å². The van der Waals surface area contributed by atoms with Crippen molar-refractivity contribution in [3.63, 3.8) is 0 Å². The van der Waals surface area contributed by atoms with Crippen molar-refractivity contribution in [1.29, 1.82) is 0 Å². The maximum Gasteiger partial charge on any atom is 0.0886 e. The standard InChI is InChI=1S/C48H28N2/c1-2-23-49-43(12-1)44-22-21-37(28-50-44)34-18-16-33-25-35(19-17-32(33)24-34)38-26-36-20-15-31-7-4-10-40-39-9-3-6-29-13-14-30-8-5-11-41(47(30)45(29)39)42(27-38)48(36)46(31)40/h1-28H. The molecule has 0 atom stereocenters. The summed E-state index contributed by atoms with van der Waals surface area (Å²) in [7, 11) is 0. The van der Waals surface area contributed by atoms with Gasteiger partial charge in [-0.25, -0.2) is 0 Å². The summed E-state index contributed by atoms with van der Waals surface area (Å²) in [4.78, 5) is 9.15. The molecule has 0 saturated carbocycles. The van der Waals surface area contributed by atoms with E-state index in [4.69, 9.17) is 4.98 Å². The molecule has 2 heterocycles. The van der Waals surface area contributed by atoms with Crippen molar-refractivity contribution < 1.29 is 0 Å². The first-order chi connectivity index (χ1) is 24.8. The molecule has 0 fully saturated rings. The molecule has 9 aromatic carbocycles. The Balaban J connectivity index is 1.12. The minimum atomic E-state index is 0.877. The van der Waals surface area contributed by atoms with Crippen LogP contribution in [0.3, 0.4) is 0 Å². The fourth-order valence-corrected chi connectivity index (χ4v) is 8.29. The maximum absolute atomic E-state index is 4.71. The van der Waals surface area contributed by atoms with Gasteiger partial charge < -0.3 is 0 Å². The molecule has 0 bridgehead atoms. The molecule has 2 nitrogen and oxygen atoms in total. The van der Waals surface area contributed by atoms with Gasteiger partial charge in [-0.05, 0) is 135 Å². The normalized spacial score (nSPS) is 12.0. The molecule has 50 heavy (non-hydrogen) atoms. The number of nitrogens with zero attached hydrogens (tertiary/aromatic N) is 2. The van der Waals surface area contributed by atoms with Crippen LogP contribution in [0.1, 0.15) is 0 Å². The highest BCUT2D eigenvalue weighted by molar-refractivity contribution is 6.37. The van der Waals surface area contributed by atoms with Crippen LogP contribution in [0, 0.1) is 0 Å². The van der Waals surface area contributed by atoms with Gasteiger partial charge in [0.2, 0.25) is 0 Å². The molecule has 2 aromatic heterocycles. The predicted octanol–water partition coefficient (Wildman–Crippen LogP) is 13.0. The van der Waals surface area contributed by atoms with Crippen LogP contribution in [0.5, 0.6) is 0 Å². The molecule has 0 aliphatic carbocycles. The number of aromatic nitrogens is 2. The SMILES string of the molecule is c1ccc(-c2ccc(-c3ccc4cc(-c5cc6ccc7cccc8c9cccc%10ccc%11cccc(c(c5)c6c78)c%11c%109)ccc4c3)cn2)nc1. The molecule has 0 amide bonds. The zero-order chi connectivity index (χ0) is 32.8. The van der Waals surface area contributed by atoms with Crippen LogP contribution in [-0.2, 0) is 0 Å². The van der Waals surface area contributed by atoms with E-state index in [1.165, 1.54) is 86.5 Å². The number of hydrogen-bond donors (Lipinski definition) is 0. The highest BCUT2D eigenvalue weighted by Gasteiger charge is 2.16. The van der Waals surface area contributed by atoms with Gasteiger partial charge in [0, 0.05) is 18.0 Å². The largest absolute Gasteiger partial charge is 0.255 e. The average Bonchev–Trinajstić information content (AvgIpc) is 3.19. The number of pyridine rings is 2. The summed E-state index contributed by atoms with van der Waals surface area (Å²) in [6.45, 7) is 0. The number of fused-ring (bicyclic) bond motifs is 3. The van der Waals surface area contributed by atoms with Crippen molar-refractivity contribution >= 4 is 75.4 Å². The van der Waals surface area contributed by atoms with Gasteiger partial charge in [0.05, 0.1) is 11.4 Å². The predicted molar refractivity (Wildman–Crippen MR) is 212 cm³/mol. The minimum absolute atomic E-state index is 0.877. The zero-order valence-electron chi connectivity index (χ0n) is 27.1. The van der Waals surface area contributed by atoms with Gasteiger partial charge >= 0.3 is 0 Å². The second kappa shape index (κ2) is 10.4. The van der Waals surface area contributed by atoms with Crippen LogP contribution in [0.15, 0.2) is 170 Å². The Bertz CT molecular complexity index is 3120. The molecule has 11 aromatic rings. The van der Waals surface area contributed by atoms with Crippen LogP contribution >= 0.6 is 0 Å². The van der Waals surface area contributed by atoms with E-state index in [2.05, 4.69) is 138 Å². The Morgan fingerprint density at radius 3 is 1.36 bits per heavy atom. The third-order valence-electron chi connectivity index (χ3n) is 10.6. The van der Waals surface area contributed by atoms with E-state index >= 15 is 0 Å². The Morgan fingerprint density at radius 2 is 0.780 bits per heavy atom. The lowest BCUT2D eigenvalue weighted by Gasteiger charge is -2.17. The monoisotopic (exact) mass is 632 g/mol. The van der Waals surface area contributed by atoms with E-state index in [0.29, 0.717) is 0 Å². The summed E-state index contributed by atoms with van der Waals surface area (Å²) in [6, 6.07) is 58.0. The smallest absolute Gasteiger partial charge is 0.0886 e. The van der Waals surface area contributed by atoms with Gasteiger partial charge in [0.1, 0.15) is 0 Å². The van der Waals surface area contributed by atoms with E-state index in [1.54, 1.807) is 6.20 Å². The van der Waals surface area contributed by atoms with Crippen molar-refractivity contribution in [2.45, 2.75) is 0 Å². The van der Waals surface area contributed by atoms with Crippen LogP contribution in [0.2, 0.25) is 0 Å². The topological polar surface area (TPSA) is 25.8 Å². The number of hydrogen-bond acceptors (Lipinski definition) is 2. The van der Waals surface area contributed by atoms with E-state index < -0.39 is 0 Å². The van der Waals surface area contributed by atoms with Gasteiger partial charge in [0.25, 0.3) is 0 Å². The lowest BCUT2D eigenvalue weighted by Crippen LogP contribution is -1.89. The summed E-state index contributed by atoms with van der Waals surface area (Å²) in [6.07, 6.45) is 3.75. The highest BCUT2D eigenvalue weighted by atomic mass is 14.8. The van der Waals surface area contributed by atoms with E-state index in [9.17, 15) is 0 Å². The number of rotatable bonds is 3. The van der Waals surface area contributed by atoms with Crippen LogP contribution in [-0.4, -0.2) is 9.97 Å². The Kier molecular flexibility index (Phi) is 5.70. The fourth-order valence-electron chi connectivity index (χ4n) is 8.29. The first kappa shape index (κ1) is 27.3. The molecule has 0 aliphatic heterocycles. The minimum Gasteiger partial charge on any atom is -0.255 e. The van der Waals surface area contributed by atoms with E-state index in [0.717, 1.165) is 22.5 Å². The Morgan fingerprint density at radius 1 is 0.280 bits per heavy atom. The van der Waals surface area contributed by atoms with Crippen molar-refractivity contribution in [3.8, 4) is 33.6 Å². The summed E-state index contributed by atoms with van der Waals surface area (Å²) in [5.41, 5.74) is 6.44. The Hall–Kier alpha value is -6.64.